The van der Waals surface area contributed by atoms with Crippen molar-refractivity contribution in [3.8, 4) is 0 Å². The molecular formula is C16H19FN4O. The minimum Gasteiger partial charge on any atom is -0.374 e. The molecule has 0 radical (unpaired) electrons. The molecule has 5 nitrogen and oxygen atoms in total. The molecule has 3 heterocycles. The van der Waals surface area contributed by atoms with Crippen LogP contribution < -0.4 is 4.90 Å². The minimum atomic E-state index is -0.413. The van der Waals surface area contributed by atoms with Crippen LogP contribution in [0, 0.1) is 11.7 Å². The predicted octanol–water partition coefficient (Wildman–Crippen LogP) is 2.23. The zero-order valence-electron chi connectivity index (χ0n) is 12.4. The lowest BCUT2D eigenvalue weighted by Crippen LogP contribution is -2.34. The number of hydrogen-bond acceptors (Lipinski definition) is 4. The maximum atomic E-state index is 13.0. The van der Waals surface area contributed by atoms with Crippen molar-refractivity contribution in [1.29, 1.82) is 0 Å². The van der Waals surface area contributed by atoms with Gasteiger partial charge in [0, 0.05) is 25.0 Å². The fourth-order valence-corrected chi connectivity index (χ4v) is 2.84. The van der Waals surface area contributed by atoms with Crippen LogP contribution >= 0.6 is 0 Å². The van der Waals surface area contributed by atoms with E-state index >= 15 is 0 Å². The smallest absolute Gasteiger partial charge is 0.225 e. The first kappa shape index (κ1) is 13.7. The SMILES string of the molecule is Fc1cnc(N2Cc3cccn3CC(OCC3CC3)C2)nc1. The Labute approximate surface area is 128 Å². The molecule has 0 bridgehead atoms. The van der Waals surface area contributed by atoms with E-state index in [1.807, 2.05) is 6.07 Å². The van der Waals surface area contributed by atoms with Crippen LogP contribution in [0.15, 0.2) is 30.7 Å². The zero-order valence-corrected chi connectivity index (χ0v) is 12.4. The van der Waals surface area contributed by atoms with E-state index in [2.05, 4.69) is 31.7 Å². The highest BCUT2D eigenvalue weighted by molar-refractivity contribution is 5.31. The van der Waals surface area contributed by atoms with E-state index in [1.54, 1.807) is 0 Å². The van der Waals surface area contributed by atoms with Crippen LogP contribution in [0.5, 0.6) is 0 Å². The quantitative estimate of drug-likeness (QED) is 0.869. The van der Waals surface area contributed by atoms with E-state index < -0.39 is 5.82 Å². The summed E-state index contributed by atoms with van der Waals surface area (Å²) >= 11 is 0. The first-order valence-electron chi connectivity index (χ1n) is 7.76. The molecule has 1 atom stereocenters. The summed E-state index contributed by atoms with van der Waals surface area (Å²) in [7, 11) is 0. The van der Waals surface area contributed by atoms with Crippen molar-refractivity contribution in [1.82, 2.24) is 14.5 Å². The molecule has 1 saturated carbocycles. The van der Waals surface area contributed by atoms with Crippen molar-refractivity contribution in [2.24, 2.45) is 5.92 Å². The van der Waals surface area contributed by atoms with Crippen LogP contribution in [0.3, 0.4) is 0 Å². The highest BCUT2D eigenvalue weighted by Crippen LogP contribution is 2.30. The lowest BCUT2D eigenvalue weighted by atomic mass is 10.3. The first-order valence-corrected chi connectivity index (χ1v) is 7.76. The molecule has 2 aromatic heterocycles. The summed E-state index contributed by atoms with van der Waals surface area (Å²) in [5.41, 5.74) is 1.20. The van der Waals surface area contributed by atoms with Gasteiger partial charge in [0.25, 0.3) is 0 Å². The number of aromatic nitrogens is 3. The number of rotatable bonds is 4. The first-order chi connectivity index (χ1) is 10.8. The molecule has 4 rings (SSSR count). The van der Waals surface area contributed by atoms with Crippen LogP contribution in [0.25, 0.3) is 0 Å². The van der Waals surface area contributed by atoms with Crippen molar-refractivity contribution in [3.63, 3.8) is 0 Å². The molecule has 1 aliphatic carbocycles. The Morgan fingerprint density at radius 2 is 2.05 bits per heavy atom. The number of hydrogen-bond donors (Lipinski definition) is 0. The average Bonchev–Trinajstić information content (AvgIpc) is 3.28. The van der Waals surface area contributed by atoms with Crippen molar-refractivity contribution in [2.45, 2.75) is 32.0 Å². The topological polar surface area (TPSA) is 43.2 Å². The van der Waals surface area contributed by atoms with Gasteiger partial charge in [0.1, 0.15) is 0 Å². The minimum absolute atomic E-state index is 0.0999. The molecular weight excluding hydrogens is 283 g/mol. The largest absolute Gasteiger partial charge is 0.374 e. The molecule has 116 valence electrons. The number of ether oxygens (including phenoxy) is 1. The van der Waals surface area contributed by atoms with Gasteiger partial charge in [-0.15, -0.1) is 0 Å². The molecule has 1 unspecified atom stereocenters. The predicted molar refractivity (Wildman–Crippen MR) is 79.9 cm³/mol. The van der Waals surface area contributed by atoms with Gasteiger partial charge >= 0.3 is 0 Å². The Hall–Kier alpha value is -1.95. The molecule has 0 saturated heterocycles. The van der Waals surface area contributed by atoms with Crippen molar-refractivity contribution < 1.29 is 9.13 Å². The van der Waals surface area contributed by atoms with Crippen molar-refractivity contribution >= 4 is 5.95 Å². The average molecular weight is 302 g/mol. The summed E-state index contributed by atoms with van der Waals surface area (Å²) in [6, 6.07) is 4.14. The fraction of sp³-hybridized carbons (Fsp3) is 0.500. The third-order valence-corrected chi connectivity index (χ3v) is 4.25. The van der Waals surface area contributed by atoms with Crippen LogP contribution in [0.2, 0.25) is 0 Å². The summed E-state index contributed by atoms with van der Waals surface area (Å²) < 4.78 is 21.4. The Morgan fingerprint density at radius 1 is 1.23 bits per heavy atom. The van der Waals surface area contributed by atoms with Crippen molar-refractivity contribution in [2.75, 3.05) is 18.1 Å². The van der Waals surface area contributed by atoms with Gasteiger partial charge in [-0.3, -0.25) is 0 Å². The summed E-state index contributed by atoms with van der Waals surface area (Å²) in [4.78, 5) is 10.3. The lowest BCUT2D eigenvalue weighted by molar-refractivity contribution is 0.0413. The van der Waals surface area contributed by atoms with Gasteiger partial charge in [0.15, 0.2) is 5.82 Å². The van der Waals surface area contributed by atoms with Gasteiger partial charge in [-0.1, -0.05) is 0 Å². The van der Waals surface area contributed by atoms with Gasteiger partial charge in [0.05, 0.1) is 31.6 Å². The second-order valence-corrected chi connectivity index (χ2v) is 6.13. The van der Waals surface area contributed by atoms with Gasteiger partial charge in [-0.05, 0) is 30.9 Å². The Morgan fingerprint density at radius 3 is 2.82 bits per heavy atom. The van der Waals surface area contributed by atoms with E-state index in [1.165, 1.54) is 30.9 Å². The number of fused-ring (bicyclic) bond motifs is 1. The third-order valence-electron chi connectivity index (χ3n) is 4.25. The second-order valence-electron chi connectivity index (χ2n) is 6.13. The molecule has 0 aromatic carbocycles. The molecule has 0 amide bonds. The maximum Gasteiger partial charge on any atom is 0.225 e. The molecule has 1 fully saturated rings. The van der Waals surface area contributed by atoms with Crippen molar-refractivity contribution in [3.05, 3.63) is 42.2 Å². The van der Waals surface area contributed by atoms with E-state index in [4.69, 9.17) is 4.74 Å². The number of halogens is 1. The second kappa shape index (κ2) is 5.68. The Balaban J connectivity index is 1.55. The molecule has 2 aliphatic rings. The summed E-state index contributed by atoms with van der Waals surface area (Å²) in [5, 5.41) is 0. The summed E-state index contributed by atoms with van der Waals surface area (Å²) in [5.74, 6) is 0.877. The highest BCUT2D eigenvalue weighted by atomic mass is 19.1. The zero-order chi connectivity index (χ0) is 14.9. The monoisotopic (exact) mass is 302 g/mol. The lowest BCUT2D eigenvalue weighted by Gasteiger charge is -2.24. The van der Waals surface area contributed by atoms with Gasteiger partial charge in [-0.2, -0.15) is 0 Å². The van der Waals surface area contributed by atoms with Gasteiger partial charge in [-0.25, -0.2) is 14.4 Å². The van der Waals surface area contributed by atoms with E-state index in [-0.39, 0.29) is 6.10 Å². The molecule has 1 aliphatic heterocycles. The summed E-state index contributed by atoms with van der Waals surface area (Å²) in [6.07, 6.45) is 7.18. The van der Waals surface area contributed by atoms with Gasteiger partial charge in [0.2, 0.25) is 5.95 Å². The third kappa shape index (κ3) is 2.97. The fourth-order valence-electron chi connectivity index (χ4n) is 2.84. The van der Waals surface area contributed by atoms with Crippen LogP contribution in [0.4, 0.5) is 10.3 Å². The maximum absolute atomic E-state index is 13.0. The molecule has 6 heteroatoms. The van der Waals surface area contributed by atoms with E-state index in [9.17, 15) is 4.39 Å². The molecule has 22 heavy (non-hydrogen) atoms. The van der Waals surface area contributed by atoms with Gasteiger partial charge < -0.3 is 14.2 Å². The normalized spacial score (nSPS) is 21.5. The van der Waals surface area contributed by atoms with Crippen LogP contribution in [0.1, 0.15) is 18.5 Å². The van der Waals surface area contributed by atoms with Crippen LogP contribution in [-0.4, -0.2) is 33.8 Å². The highest BCUT2D eigenvalue weighted by Gasteiger charge is 2.27. The Bertz CT molecular complexity index is 638. The number of nitrogens with zero attached hydrogens (tertiary/aromatic N) is 4. The standard InChI is InChI=1S/C16H19FN4O/c17-13-6-18-16(19-7-13)21-8-14-2-1-5-20(14)9-15(10-21)22-11-12-3-4-12/h1-2,5-7,12,15H,3-4,8-11H2. The molecule has 2 aromatic rings. The molecule has 0 N–H and O–H groups in total. The van der Waals surface area contributed by atoms with Crippen LogP contribution in [-0.2, 0) is 17.8 Å². The van der Waals surface area contributed by atoms with E-state index in [0.29, 0.717) is 12.5 Å². The Kier molecular flexibility index (Phi) is 3.54. The number of anilines is 1. The summed E-state index contributed by atoms with van der Waals surface area (Å²) in [6.45, 7) is 3.11. The van der Waals surface area contributed by atoms with E-state index in [0.717, 1.165) is 25.6 Å². The molecule has 0 spiro atoms.